The Morgan fingerprint density at radius 1 is 0.941 bits per heavy atom. The Bertz CT molecular complexity index is 549. The van der Waals surface area contributed by atoms with Crippen LogP contribution in [0.15, 0.2) is 4.52 Å². The largest absolute Gasteiger partial charge is 0.355 e. The van der Waals surface area contributed by atoms with Crippen molar-refractivity contribution in [1.82, 2.24) is 5.16 Å². The zero-order valence-electron chi connectivity index (χ0n) is 11.8. The van der Waals surface area contributed by atoms with Gasteiger partial charge in [0, 0.05) is 10.3 Å². The Hall–Kier alpha value is -0.830. The van der Waals surface area contributed by atoms with E-state index in [1.54, 1.807) is 0 Å². The molecule has 0 aliphatic heterocycles. The zero-order valence-corrected chi connectivity index (χ0v) is 12.6. The molecule has 0 fully saturated rings. The molecule has 0 aliphatic carbocycles. The van der Waals surface area contributed by atoms with Gasteiger partial charge in [-0.1, -0.05) is 46.7 Å². The average Bonchev–Trinajstić information content (AvgIpc) is 2.63. The Balaban J connectivity index is 2.83. The third kappa shape index (κ3) is 2.01. The number of hydrogen-bond acceptors (Lipinski definition) is 3. The summed E-state index contributed by atoms with van der Waals surface area (Å²) in [5, 5.41) is 5.36. The van der Waals surface area contributed by atoms with Crippen LogP contribution in [0.3, 0.4) is 0 Å². The summed E-state index contributed by atoms with van der Waals surface area (Å²) in [6.07, 6.45) is 0. The number of fused-ring (bicyclic) bond motifs is 1. The fourth-order valence-electron chi connectivity index (χ4n) is 2.01. The molecule has 0 saturated carbocycles. The van der Waals surface area contributed by atoms with Gasteiger partial charge in [0.15, 0.2) is 5.58 Å². The van der Waals surface area contributed by atoms with Gasteiger partial charge in [-0.25, -0.2) is 0 Å². The van der Waals surface area contributed by atoms with Gasteiger partial charge in [0.2, 0.25) is 0 Å². The number of thiophene rings is 1. The standard InChI is InChI=1S/C14H21NOS/c1-8-9-10(16-15-8)12(14(5,6)7)17-11(9)13(2,3)4/h1-7H3. The molecule has 0 bridgehead atoms. The predicted molar refractivity (Wildman–Crippen MR) is 74.0 cm³/mol. The normalized spacial score (nSPS) is 13.6. The number of nitrogens with zero attached hydrogens (tertiary/aromatic N) is 1. The van der Waals surface area contributed by atoms with Gasteiger partial charge in [0.25, 0.3) is 0 Å². The fraction of sp³-hybridized carbons (Fsp3) is 0.643. The van der Waals surface area contributed by atoms with Gasteiger partial charge in [-0.05, 0) is 12.3 Å². The summed E-state index contributed by atoms with van der Waals surface area (Å²) in [5.41, 5.74) is 2.25. The van der Waals surface area contributed by atoms with Crippen LogP contribution >= 0.6 is 11.3 Å². The molecule has 94 valence electrons. The lowest BCUT2D eigenvalue weighted by Gasteiger charge is -2.18. The molecular weight excluding hydrogens is 230 g/mol. The second-order valence-corrected chi connectivity index (χ2v) is 7.75. The van der Waals surface area contributed by atoms with Gasteiger partial charge in [-0.15, -0.1) is 11.3 Å². The van der Waals surface area contributed by atoms with Crippen molar-refractivity contribution in [2.24, 2.45) is 0 Å². The van der Waals surface area contributed by atoms with E-state index < -0.39 is 0 Å². The Morgan fingerprint density at radius 3 is 1.94 bits per heavy atom. The van der Waals surface area contributed by atoms with Gasteiger partial charge in [0.05, 0.1) is 16.0 Å². The maximum absolute atomic E-state index is 5.54. The summed E-state index contributed by atoms with van der Waals surface area (Å²) in [7, 11) is 0. The first-order valence-corrected chi connectivity index (χ1v) is 6.84. The number of hydrogen-bond donors (Lipinski definition) is 0. The first-order valence-electron chi connectivity index (χ1n) is 6.02. The van der Waals surface area contributed by atoms with E-state index in [4.69, 9.17) is 4.52 Å². The van der Waals surface area contributed by atoms with E-state index in [0.29, 0.717) is 0 Å². The fourth-order valence-corrected chi connectivity index (χ4v) is 3.40. The summed E-state index contributed by atoms with van der Waals surface area (Å²) >= 11 is 1.87. The third-order valence-corrected chi connectivity index (χ3v) is 4.89. The molecule has 0 saturated heterocycles. The van der Waals surface area contributed by atoms with Gasteiger partial charge < -0.3 is 4.52 Å². The van der Waals surface area contributed by atoms with E-state index in [-0.39, 0.29) is 10.8 Å². The molecule has 0 atom stereocenters. The van der Waals surface area contributed by atoms with Crippen molar-refractivity contribution in [3.63, 3.8) is 0 Å². The van der Waals surface area contributed by atoms with Gasteiger partial charge in [-0.3, -0.25) is 0 Å². The lowest BCUT2D eigenvalue weighted by Crippen LogP contribution is -2.10. The lowest BCUT2D eigenvalue weighted by molar-refractivity contribution is 0.443. The number of aryl methyl sites for hydroxylation is 1. The van der Waals surface area contributed by atoms with E-state index in [0.717, 1.165) is 11.3 Å². The van der Waals surface area contributed by atoms with E-state index >= 15 is 0 Å². The third-order valence-electron chi connectivity index (χ3n) is 2.86. The van der Waals surface area contributed by atoms with Crippen molar-refractivity contribution >= 4 is 22.3 Å². The van der Waals surface area contributed by atoms with E-state index in [9.17, 15) is 0 Å². The average molecular weight is 251 g/mol. The summed E-state index contributed by atoms with van der Waals surface area (Å²) in [4.78, 5) is 2.69. The molecule has 2 heterocycles. The Labute approximate surface area is 107 Å². The van der Waals surface area contributed by atoms with Crippen LogP contribution in [0.4, 0.5) is 0 Å². The smallest absolute Gasteiger partial charge is 0.181 e. The predicted octanol–water partition coefficient (Wildman–Crippen LogP) is 4.79. The van der Waals surface area contributed by atoms with Crippen LogP contribution < -0.4 is 0 Å². The second kappa shape index (κ2) is 3.58. The van der Waals surface area contributed by atoms with Crippen molar-refractivity contribution in [3.8, 4) is 0 Å². The molecule has 0 amide bonds. The SMILES string of the molecule is Cc1noc2c(C(C)(C)C)sc(C(C)(C)C)c12. The van der Waals surface area contributed by atoms with Crippen LogP contribution in [0.5, 0.6) is 0 Å². The number of aromatic nitrogens is 1. The second-order valence-electron chi connectivity index (χ2n) is 6.73. The van der Waals surface area contributed by atoms with Gasteiger partial charge in [0.1, 0.15) is 0 Å². The van der Waals surface area contributed by atoms with Crippen LogP contribution in [-0.2, 0) is 10.8 Å². The molecule has 2 nitrogen and oxygen atoms in total. The highest BCUT2D eigenvalue weighted by molar-refractivity contribution is 7.14. The lowest BCUT2D eigenvalue weighted by atomic mass is 9.90. The highest BCUT2D eigenvalue weighted by Gasteiger charge is 2.30. The summed E-state index contributed by atoms with van der Waals surface area (Å²) < 4.78 is 5.54. The maximum Gasteiger partial charge on any atom is 0.181 e. The molecule has 17 heavy (non-hydrogen) atoms. The van der Waals surface area contributed by atoms with E-state index in [1.165, 1.54) is 15.1 Å². The highest BCUT2D eigenvalue weighted by atomic mass is 32.1. The summed E-state index contributed by atoms with van der Waals surface area (Å²) in [6.45, 7) is 15.4. The van der Waals surface area contributed by atoms with Crippen molar-refractivity contribution in [2.45, 2.75) is 59.3 Å². The van der Waals surface area contributed by atoms with Crippen LogP contribution in [0, 0.1) is 6.92 Å². The van der Waals surface area contributed by atoms with Gasteiger partial charge in [-0.2, -0.15) is 0 Å². The molecular formula is C14H21NOS. The van der Waals surface area contributed by atoms with E-state index in [1.807, 2.05) is 18.3 Å². The molecule has 2 aromatic rings. The molecule has 3 heteroatoms. The zero-order chi connectivity index (χ0) is 13.0. The van der Waals surface area contributed by atoms with Crippen LogP contribution in [0.1, 0.15) is 57.0 Å². The minimum Gasteiger partial charge on any atom is -0.355 e. The quantitative estimate of drug-likeness (QED) is 0.672. The van der Waals surface area contributed by atoms with Crippen molar-refractivity contribution in [1.29, 1.82) is 0 Å². The molecule has 0 N–H and O–H groups in total. The first kappa shape index (κ1) is 12.6. The summed E-state index contributed by atoms with van der Waals surface area (Å²) in [6, 6.07) is 0. The topological polar surface area (TPSA) is 26.0 Å². The van der Waals surface area contributed by atoms with Gasteiger partial charge >= 0.3 is 0 Å². The van der Waals surface area contributed by atoms with Crippen molar-refractivity contribution < 1.29 is 4.52 Å². The molecule has 0 spiro atoms. The first-order chi connectivity index (χ1) is 7.62. The molecule has 0 unspecified atom stereocenters. The van der Waals surface area contributed by atoms with Crippen LogP contribution in [0.25, 0.3) is 11.0 Å². The van der Waals surface area contributed by atoms with E-state index in [2.05, 4.69) is 46.7 Å². The van der Waals surface area contributed by atoms with Crippen LogP contribution in [0.2, 0.25) is 0 Å². The Morgan fingerprint density at radius 2 is 1.47 bits per heavy atom. The molecule has 0 aromatic carbocycles. The minimum absolute atomic E-state index is 0.110. The van der Waals surface area contributed by atoms with Crippen molar-refractivity contribution in [2.75, 3.05) is 0 Å². The molecule has 2 aromatic heterocycles. The highest BCUT2D eigenvalue weighted by Crippen LogP contribution is 2.44. The molecule has 2 rings (SSSR count). The maximum atomic E-state index is 5.54. The molecule has 0 radical (unpaired) electrons. The minimum atomic E-state index is 0.110. The monoisotopic (exact) mass is 251 g/mol. The van der Waals surface area contributed by atoms with Crippen LogP contribution in [-0.4, -0.2) is 5.16 Å². The number of rotatable bonds is 0. The molecule has 0 aliphatic rings. The summed E-state index contributed by atoms with van der Waals surface area (Å²) in [5.74, 6) is 0. The van der Waals surface area contributed by atoms with Crippen molar-refractivity contribution in [3.05, 3.63) is 15.4 Å². The Kier molecular flexibility index (Phi) is 2.66.